The Morgan fingerprint density at radius 3 is 2.39 bits per heavy atom. The van der Waals surface area contributed by atoms with Crippen LogP contribution < -0.4 is 10.5 Å². The number of rotatable bonds is 3. The first-order valence-corrected chi connectivity index (χ1v) is 7.71. The van der Waals surface area contributed by atoms with Gasteiger partial charge >= 0.3 is 6.18 Å². The van der Waals surface area contributed by atoms with Crippen molar-refractivity contribution in [3.8, 4) is 0 Å². The molecule has 0 saturated carbocycles. The van der Waals surface area contributed by atoms with Crippen molar-refractivity contribution < 1.29 is 30.8 Å². The minimum Gasteiger partial charge on any atom is -0.438 e. The van der Waals surface area contributed by atoms with Crippen LogP contribution in [0.4, 0.5) is 18.9 Å². The van der Waals surface area contributed by atoms with Gasteiger partial charge in [-0.1, -0.05) is 11.6 Å². The number of sulfonamides is 1. The number of furan rings is 1. The molecule has 0 unspecified atom stereocenters. The number of hydrogen-bond donors (Lipinski definition) is 2. The molecule has 0 radical (unpaired) electrons. The number of primary sulfonamides is 1. The van der Waals surface area contributed by atoms with Gasteiger partial charge in [0.15, 0.2) is 5.76 Å². The van der Waals surface area contributed by atoms with Crippen LogP contribution in [0.15, 0.2) is 39.8 Å². The molecule has 11 heteroatoms. The van der Waals surface area contributed by atoms with Crippen molar-refractivity contribution in [2.75, 3.05) is 5.32 Å². The number of benzene rings is 1. The summed E-state index contributed by atoms with van der Waals surface area (Å²) in [7, 11) is -4.14. The van der Waals surface area contributed by atoms with Crippen LogP contribution in [0.5, 0.6) is 0 Å². The van der Waals surface area contributed by atoms with E-state index < -0.39 is 38.5 Å². The van der Waals surface area contributed by atoms with E-state index in [0.29, 0.717) is 6.07 Å². The summed E-state index contributed by atoms with van der Waals surface area (Å²) in [6, 6.07) is 4.32. The zero-order chi connectivity index (χ0) is 17.4. The van der Waals surface area contributed by atoms with E-state index in [-0.39, 0.29) is 10.7 Å². The number of carbonyl (C=O) groups excluding carboxylic acids is 1. The summed E-state index contributed by atoms with van der Waals surface area (Å²) in [4.78, 5) is 11.9. The quantitative estimate of drug-likeness (QED) is 0.869. The first-order chi connectivity index (χ1) is 10.5. The Hall–Kier alpha value is -2.04. The summed E-state index contributed by atoms with van der Waals surface area (Å²) in [6.45, 7) is 0. The molecule has 1 aromatic carbocycles. The number of halogens is 4. The van der Waals surface area contributed by atoms with Crippen LogP contribution >= 0.6 is 11.6 Å². The maximum absolute atomic E-state index is 12.6. The van der Waals surface area contributed by atoms with E-state index in [9.17, 15) is 26.4 Å². The van der Waals surface area contributed by atoms with Gasteiger partial charge in [-0.25, -0.2) is 13.6 Å². The van der Waals surface area contributed by atoms with E-state index >= 15 is 0 Å². The lowest BCUT2D eigenvalue weighted by molar-refractivity contribution is -0.137. The molecule has 1 heterocycles. The Bertz CT molecular complexity index is 861. The molecule has 2 aromatic rings. The molecular formula is C12H8ClF3N2O4S. The highest BCUT2D eigenvalue weighted by molar-refractivity contribution is 7.89. The molecule has 124 valence electrons. The van der Waals surface area contributed by atoms with Crippen LogP contribution in [0.1, 0.15) is 16.1 Å². The smallest absolute Gasteiger partial charge is 0.416 e. The second-order valence-electron chi connectivity index (χ2n) is 4.31. The third-order valence-electron chi connectivity index (χ3n) is 2.63. The van der Waals surface area contributed by atoms with Crippen molar-refractivity contribution in [3.63, 3.8) is 0 Å². The molecule has 23 heavy (non-hydrogen) atoms. The fraction of sp³-hybridized carbons (Fsp3) is 0.0833. The Morgan fingerprint density at radius 1 is 1.22 bits per heavy atom. The highest BCUT2D eigenvalue weighted by atomic mass is 35.5. The van der Waals surface area contributed by atoms with Crippen molar-refractivity contribution in [2.24, 2.45) is 5.14 Å². The number of nitrogens with two attached hydrogens (primary N) is 1. The largest absolute Gasteiger partial charge is 0.438 e. The summed E-state index contributed by atoms with van der Waals surface area (Å²) in [5.41, 5.74) is -1.32. The van der Waals surface area contributed by atoms with Gasteiger partial charge < -0.3 is 9.73 Å². The van der Waals surface area contributed by atoms with Gasteiger partial charge in [-0.05, 0) is 30.3 Å². The molecule has 0 bridgehead atoms. The lowest BCUT2D eigenvalue weighted by atomic mass is 10.2. The maximum atomic E-state index is 12.6. The summed E-state index contributed by atoms with van der Waals surface area (Å²) in [6.07, 6.45) is -4.62. The SMILES string of the molecule is NS(=O)(=O)c1ccc(C(=O)Nc2cc(C(F)(F)F)ccc2Cl)o1. The van der Waals surface area contributed by atoms with Crippen LogP contribution in [0.3, 0.4) is 0 Å². The maximum Gasteiger partial charge on any atom is 0.416 e. The molecule has 3 N–H and O–H groups in total. The minimum absolute atomic E-state index is 0.135. The van der Waals surface area contributed by atoms with E-state index in [1.165, 1.54) is 0 Å². The number of nitrogens with one attached hydrogen (secondary N) is 1. The van der Waals surface area contributed by atoms with E-state index in [4.69, 9.17) is 21.2 Å². The summed E-state index contributed by atoms with van der Waals surface area (Å²) < 4.78 is 64.7. The normalized spacial score (nSPS) is 12.2. The highest BCUT2D eigenvalue weighted by Gasteiger charge is 2.31. The molecular weight excluding hydrogens is 361 g/mol. The van der Waals surface area contributed by atoms with Crippen LogP contribution in [0.25, 0.3) is 0 Å². The van der Waals surface area contributed by atoms with Crippen LogP contribution in [-0.4, -0.2) is 14.3 Å². The fourth-order valence-corrected chi connectivity index (χ4v) is 2.20. The highest BCUT2D eigenvalue weighted by Crippen LogP contribution is 2.34. The first kappa shape index (κ1) is 17.3. The second-order valence-corrected chi connectivity index (χ2v) is 6.21. The fourth-order valence-electron chi connectivity index (χ4n) is 1.58. The molecule has 1 aromatic heterocycles. The Morgan fingerprint density at radius 2 is 1.87 bits per heavy atom. The van der Waals surface area contributed by atoms with E-state index in [0.717, 1.165) is 24.3 Å². The topological polar surface area (TPSA) is 102 Å². The number of alkyl halides is 3. The van der Waals surface area contributed by atoms with Gasteiger partial charge in [0, 0.05) is 0 Å². The van der Waals surface area contributed by atoms with Crippen molar-refractivity contribution in [1.82, 2.24) is 0 Å². The predicted molar refractivity (Wildman–Crippen MR) is 74.5 cm³/mol. The van der Waals surface area contributed by atoms with Gasteiger partial charge in [-0.2, -0.15) is 13.2 Å². The standard InChI is InChI=1S/C12H8ClF3N2O4S/c13-7-2-1-6(12(14,15)16)5-8(7)18-11(19)9-3-4-10(22-9)23(17,20)21/h1-5H,(H,18,19)(H2,17,20,21). The third kappa shape index (κ3) is 4.03. The molecule has 0 spiro atoms. The Balaban J connectivity index is 2.28. The average molecular weight is 369 g/mol. The first-order valence-electron chi connectivity index (χ1n) is 5.79. The minimum atomic E-state index is -4.62. The summed E-state index contributed by atoms with van der Waals surface area (Å²) in [5, 5.41) is 6.13. The number of hydrogen-bond acceptors (Lipinski definition) is 4. The zero-order valence-electron chi connectivity index (χ0n) is 11.0. The molecule has 0 aliphatic carbocycles. The summed E-state index contributed by atoms with van der Waals surface area (Å²) in [5.74, 6) is -1.44. The Kier molecular flexibility index (Phi) is 4.42. The Labute approximate surface area is 133 Å². The molecule has 0 atom stereocenters. The molecule has 0 aliphatic rings. The van der Waals surface area contributed by atoms with Gasteiger partial charge in [0.1, 0.15) is 0 Å². The summed E-state index contributed by atoms with van der Waals surface area (Å²) >= 11 is 5.73. The molecule has 2 rings (SSSR count). The van der Waals surface area contributed by atoms with Gasteiger partial charge in [0.05, 0.1) is 16.3 Å². The monoisotopic (exact) mass is 368 g/mol. The molecule has 0 fully saturated rings. The molecule has 0 saturated heterocycles. The van der Waals surface area contributed by atoms with E-state index in [2.05, 4.69) is 5.32 Å². The lowest BCUT2D eigenvalue weighted by Gasteiger charge is -2.10. The van der Waals surface area contributed by atoms with Crippen LogP contribution in [0, 0.1) is 0 Å². The van der Waals surface area contributed by atoms with Gasteiger partial charge in [0.25, 0.3) is 15.9 Å². The molecule has 6 nitrogen and oxygen atoms in total. The number of carbonyl (C=O) groups is 1. The van der Waals surface area contributed by atoms with Crippen molar-refractivity contribution in [1.29, 1.82) is 0 Å². The van der Waals surface area contributed by atoms with Crippen LogP contribution in [-0.2, 0) is 16.2 Å². The molecule has 1 amide bonds. The third-order valence-corrected chi connectivity index (χ3v) is 3.74. The van der Waals surface area contributed by atoms with E-state index in [1.807, 2.05) is 0 Å². The van der Waals surface area contributed by atoms with Gasteiger partial charge in [0.2, 0.25) is 5.09 Å². The van der Waals surface area contributed by atoms with E-state index in [1.54, 1.807) is 0 Å². The zero-order valence-corrected chi connectivity index (χ0v) is 12.6. The lowest BCUT2D eigenvalue weighted by Crippen LogP contribution is -2.14. The molecule has 0 aliphatic heterocycles. The van der Waals surface area contributed by atoms with Crippen LogP contribution in [0.2, 0.25) is 5.02 Å². The van der Waals surface area contributed by atoms with Crippen molar-refractivity contribution in [2.45, 2.75) is 11.3 Å². The van der Waals surface area contributed by atoms with Gasteiger partial charge in [-0.3, -0.25) is 4.79 Å². The second kappa shape index (κ2) is 5.87. The van der Waals surface area contributed by atoms with Gasteiger partial charge in [-0.15, -0.1) is 0 Å². The number of anilines is 1. The average Bonchev–Trinajstić information content (AvgIpc) is 2.89. The predicted octanol–water partition coefficient (Wildman–Crippen LogP) is 2.85. The van der Waals surface area contributed by atoms with Crippen molar-refractivity contribution >= 4 is 33.2 Å². The van der Waals surface area contributed by atoms with Crippen molar-refractivity contribution in [3.05, 3.63) is 46.7 Å². The number of amides is 1.